The maximum atomic E-state index is 14.9. The first kappa shape index (κ1) is 85.6. The van der Waals surface area contributed by atoms with Crippen LogP contribution < -0.4 is 18.9 Å². The minimum absolute atomic E-state index is 0.0155. The van der Waals surface area contributed by atoms with Crippen LogP contribution in [0.15, 0.2) is 232 Å². The summed E-state index contributed by atoms with van der Waals surface area (Å²) in [5.74, 6) is 0.764. The molecule has 8 aliphatic heterocycles. The zero-order chi connectivity index (χ0) is 86.4. The molecular weight excluding hydrogens is 1870 g/mol. The van der Waals surface area contributed by atoms with Gasteiger partial charge in [-0.15, -0.1) is 0 Å². The van der Waals surface area contributed by atoms with E-state index in [1.807, 2.05) is 46.2 Å². The summed E-state index contributed by atoms with van der Waals surface area (Å²) in [6.45, 7) is 2.49. The van der Waals surface area contributed by atoms with Gasteiger partial charge in [-0.25, -0.2) is 81.8 Å². The first-order chi connectivity index (χ1) is 60.7. The number of rotatable bonds is 16. The van der Waals surface area contributed by atoms with Crippen molar-refractivity contribution in [2.24, 2.45) is 23.7 Å². The number of hydrogen-bond acceptors (Lipinski definition) is 20. The van der Waals surface area contributed by atoms with E-state index in [0.717, 1.165) is 107 Å². The second-order valence-corrected chi connectivity index (χ2v) is 35.5. The van der Waals surface area contributed by atoms with Crippen LogP contribution in [0.3, 0.4) is 0 Å². The van der Waals surface area contributed by atoms with Gasteiger partial charge >= 0.3 is 0 Å². The van der Waals surface area contributed by atoms with E-state index >= 15 is 0 Å². The number of amides is 4. The van der Waals surface area contributed by atoms with Crippen LogP contribution in [-0.4, -0.2) is 178 Å². The van der Waals surface area contributed by atoms with Crippen molar-refractivity contribution >= 4 is 87.3 Å². The van der Waals surface area contributed by atoms with Gasteiger partial charge in [0, 0.05) is 147 Å². The first-order valence-corrected chi connectivity index (χ1v) is 44.3. The van der Waals surface area contributed by atoms with Gasteiger partial charge < -0.3 is 38.5 Å². The molecule has 0 spiro atoms. The van der Waals surface area contributed by atoms with Crippen LogP contribution in [0.4, 0.5) is 22.0 Å². The van der Waals surface area contributed by atoms with E-state index in [4.69, 9.17) is 18.9 Å². The average Bonchev–Trinajstić information content (AvgIpc) is 0.773. The van der Waals surface area contributed by atoms with E-state index in [9.17, 15) is 41.1 Å². The molecule has 33 heteroatoms. The SMILES string of the molecule is O=C(c1c(F)cccc1-c1ncccn1)N1CC2CCC1C(Oc1ccc(Br)cn1)C2.O=C(c1cc(F)ccc1-c1ncccn1)N1CC2CCC1C(Oc1ccc(Br)cn1)C2.O=C(c1ccc(F)cc1-c1ncccn1)N1CC2CCC1C(Oc1ccc(Br)cn1)C2.O=C(c1cccc(F)c1-c1ncc(F)cn1)N1CC2CCC1C(Oc1ccc(Br)cn1)C2. The van der Waals surface area contributed by atoms with Crippen molar-refractivity contribution in [1.29, 1.82) is 0 Å². The number of halogens is 9. The van der Waals surface area contributed by atoms with Gasteiger partial charge in [-0.05, 0) is 262 Å². The summed E-state index contributed by atoms with van der Waals surface area (Å²) in [7, 11) is 0. The smallest absolute Gasteiger partial charge is 0.257 e. The van der Waals surface area contributed by atoms with Crippen molar-refractivity contribution < 1.29 is 60.1 Å². The van der Waals surface area contributed by atoms with E-state index < -0.39 is 29.1 Å². The van der Waals surface area contributed by atoms with E-state index in [0.29, 0.717) is 113 Å². The fourth-order valence-corrected chi connectivity index (χ4v) is 19.3. The molecule has 8 bridgehead atoms. The summed E-state index contributed by atoms with van der Waals surface area (Å²) in [4.78, 5) is 112. The van der Waals surface area contributed by atoms with Crippen molar-refractivity contribution in [2.75, 3.05) is 26.2 Å². The topological polar surface area (TPSA) is 273 Å². The number of carbonyl (C=O) groups excluding carboxylic acids is 4. The van der Waals surface area contributed by atoms with Gasteiger partial charge in [0.25, 0.3) is 23.6 Å². The number of carbonyl (C=O) groups is 4. The Morgan fingerprint density at radius 3 is 1.07 bits per heavy atom. The molecule has 12 unspecified atom stereocenters. The fourth-order valence-electron chi connectivity index (χ4n) is 18.3. The van der Waals surface area contributed by atoms with Gasteiger partial charge in [-0.3, -0.25) is 19.2 Å². The quantitative estimate of drug-likeness (QED) is 0.0813. The molecular formula is C92H79Br4F5N16O8. The fraction of sp³-hybridized carbons (Fsp3) is 0.304. The number of piperidine rings is 8. The molecule has 12 fully saturated rings. The van der Waals surface area contributed by atoms with Crippen molar-refractivity contribution in [3.8, 4) is 69.1 Å². The number of aromatic nitrogens is 12. The third kappa shape index (κ3) is 19.6. The van der Waals surface area contributed by atoms with Crippen molar-refractivity contribution in [2.45, 2.75) is 126 Å². The van der Waals surface area contributed by atoms with E-state index in [2.05, 4.69) is 124 Å². The second-order valence-electron chi connectivity index (χ2n) is 31.8. The molecule has 125 heavy (non-hydrogen) atoms. The van der Waals surface area contributed by atoms with Gasteiger partial charge in [0.05, 0.1) is 64.4 Å². The lowest BCUT2D eigenvalue weighted by atomic mass is 9.77. The van der Waals surface area contributed by atoms with Crippen LogP contribution in [0, 0.1) is 52.8 Å². The second kappa shape index (κ2) is 38.5. The van der Waals surface area contributed by atoms with Crippen molar-refractivity contribution in [3.05, 3.63) is 283 Å². The molecule has 8 aromatic heterocycles. The minimum Gasteiger partial charge on any atom is -0.472 e. The normalized spacial score (nSPS) is 22.3. The van der Waals surface area contributed by atoms with E-state index in [-0.39, 0.29) is 100 Å². The molecule has 12 atom stereocenters. The summed E-state index contributed by atoms with van der Waals surface area (Å²) in [6, 6.07) is 36.6. The lowest BCUT2D eigenvalue weighted by Gasteiger charge is -2.49. The van der Waals surface area contributed by atoms with E-state index in [1.54, 1.807) is 126 Å². The Kier molecular flexibility index (Phi) is 26.4. The molecule has 0 radical (unpaired) electrons. The molecule has 4 saturated carbocycles. The molecule has 12 aliphatic rings. The van der Waals surface area contributed by atoms with Gasteiger partial charge in [0.15, 0.2) is 29.1 Å². The highest BCUT2D eigenvalue weighted by Gasteiger charge is 2.50. The monoisotopic (exact) mass is 1950 g/mol. The van der Waals surface area contributed by atoms with Gasteiger partial charge in [-0.2, -0.15) is 0 Å². The largest absolute Gasteiger partial charge is 0.472 e. The van der Waals surface area contributed by atoms with Crippen LogP contribution in [0.5, 0.6) is 23.5 Å². The number of nitrogens with zero attached hydrogens (tertiary/aromatic N) is 16. The van der Waals surface area contributed by atoms with Gasteiger partial charge in [0.2, 0.25) is 23.5 Å². The summed E-state index contributed by atoms with van der Waals surface area (Å²) in [6.07, 6.45) is 28.6. The first-order valence-electron chi connectivity index (χ1n) is 41.1. The Morgan fingerprint density at radius 1 is 0.304 bits per heavy atom. The summed E-state index contributed by atoms with van der Waals surface area (Å²) in [5, 5.41) is 0. The minimum atomic E-state index is -0.632. The zero-order valence-electron chi connectivity index (χ0n) is 66.8. The lowest BCUT2D eigenvalue weighted by Crippen LogP contribution is -2.59. The number of fused-ring (bicyclic) bond motifs is 12. The maximum Gasteiger partial charge on any atom is 0.257 e. The predicted octanol–water partition coefficient (Wildman–Crippen LogP) is 18.2. The van der Waals surface area contributed by atoms with Crippen molar-refractivity contribution in [1.82, 2.24) is 79.4 Å². The van der Waals surface area contributed by atoms with Crippen LogP contribution in [-0.2, 0) is 0 Å². The number of hydrogen-bond donors (Lipinski definition) is 0. The Bertz CT molecular complexity index is 5820. The number of benzene rings is 4. The highest BCUT2D eigenvalue weighted by atomic mass is 79.9. The molecule has 0 N–H and O–H groups in total. The highest BCUT2D eigenvalue weighted by Crippen LogP contribution is 2.45. The maximum absolute atomic E-state index is 14.9. The summed E-state index contributed by atoms with van der Waals surface area (Å²) < 4.78 is 99.3. The molecule has 12 aromatic rings. The molecule has 24 nitrogen and oxygen atoms in total. The predicted molar refractivity (Wildman–Crippen MR) is 464 cm³/mol. The number of ether oxygens (including phenoxy) is 4. The van der Waals surface area contributed by atoms with Crippen LogP contribution in [0.2, 0.25) is 0 Å². The summed E-state index contributed by atoms with van der Waals surface area (Å²) in [5.41, 5.74) is 2.16. The highest BCUT2D eigenvalue weighted by molar-refractivity contribution is 9.11. The zero-order valence-corrected chi connectivity index (χ0v) is 73.1. The standard InChI is InChI=1S/C23H19BrF2N4O2.3C23H20BrFN4O2/c24-14-5-7-20(27-9-14)32-19-8-13-4-6-18(19)30(12-13)23(31)16-2-1-3-17(26)21(16)22-28-10-15(25)11-29-22;24-15-3-7-21(28-12-15)31-20-10-14-2-6-19(20)29(13-14)23(30)17-5-4-16(25)11-18(17)22-26-8-1-9-27-22;24-15-3-7-21(28-12-15)31-20-10-14-2-6-19(20)29(13-14)23(30)18-11-16(25)4-5-17(18)22-26-8-1-9-27-22;24-15-6-8-20(28-12-15)31-19-11-14-5-7-18(19)29(13-14)23(30)21-16(3-1-4-17(21)25)22-26-9-2-10-27-22/h1-3,5,7,9-11,13,18-19H,4,6,8,12H2;2*1,3-5,7-9,11-12,14,19-20H,2,6,10,13H2;1-4,6,8-10,12,14,18-19H,5,7,11,13H2. The van der Waals surface area contributed by atoms with Gasteiger partial charge in [-0.1, -0.05) is 18.2 Å². The number of pyridine rings is 4. The molecule has 638 valence electrons. The molecule has 4 amide bonds. The Hall–Kier alpha value is -11.6. The van der Waals surface area contributed by atoms with Crippen LogP contribution >= 0.6 is 63.7 Å². The molecule has 4 aliphatic carbocycles. The third-order valence-corrected chi connectivity index (χ3v) is 25.9. The van der Waals surface area contributed by atoms with Crippen LogP contribution in [0.25, 0.3) is 45.6 Å². The molecule has 24 rings (SSSR count). The third-order valence-electron chi connectivity index (χ3n) is 24.0. The average molecular weight is 1950 g/mol. The lowest BCUT2D eigenvalue weighted by molar-refractivity contribution is -0.0315. The molecule has 8 saturated heterocycles. The Labute approximate surface area is 749 Å². The van der Waals surface area contributed by atoms with Gasteiger partial charge in [0.1, 0.15) is 47.7 Å². The summed E-state index contributed by atoms with van der Waals surface area (Å²) >= 11 is 13.5. The Morgan fingerprint density at radius 2 is 0.664 bits per heavy atom. The molecule has 4 aromatic carbocycles. The van der Waals surface area contributed by atoms with Crippen LogP contribution in [0.1, 0.15) is 118 Å². The molecule has 16 heterocycles. The Balaban J connectivity index is 0.000000118. The van der Waals surface area contributed by atoms with E-state index in [1.165, 1.54) is 48.5 Å². The van der Waals surface area contributed by atoms with Crippen molar-refractivity contribution in [3.63, 3.8) is 0 Å².